The predicted molar refractivity (Wildman–Crippen MR) is 130 cm³/mol. The summed E-state index contributed by atoms with van der Waals surface area (Å²) in [6.45, 7) is 0. The summed E-state index contributed by atoms with van der Waals surface area (Å²) in [5.74, 6) is 0. The Morgan fingerprint density at radius 3 is 1.45 bits per heavy atom. The third-order valence-electron chi connectivity index (χ3n) is 6.05. The average Bonchev–Trinajstić information content (AvgIpc) is 2.78. The van der Waals surface area contributed by atoms with Crippen LogP contribution in [0.2, 0.25) is 0 Å². The number of aliphatic hydroxyl groups is 2. The third-order valence-corrected chi connectivity index (χ3v) is 7.11. The predicted octanol–water partition coefficient (Wildman–Crippen LogP) is 5.68. The largest absolute Gasteiger partial charge is 0.399 e. The van der Waals surface area contributed by atoms with Gasteiger partial charge in [0, 0.05) is 20.2 Å². The van der Waals surface area contributed by atoms with Crippen molar-refractivity contribution in [2.45, 2.75) is 11.2 Å². The van der Waals surface area contributed by atoms with Gasteiger partial charge in [0.1, 0.15) is 11.2 Å². The standard InChI is InChI=1S/C26H19Br2NO2/c27-18-9-5-16(6-10-18)25(30)21-3-1-2-4-22(21)26(31,17-7-11-19(28)12-8-17)24-15-20(29)13-14-23(24)25/h1-15,30-31H,29H2. The van der Waals surface area contributed by atoms with Gasteiger partial charge in [-0.3, -0.25) is 0 Å². The summed E-state index contributed by atoms with van der Waals surface area (Å²) >= 11 is 6.94. The van der Waals surface area contributed by atoms with Crippen molar-refractivity contribution < 1.29 is 10.2 Å². The van der Waals surface area contributed by atoms with Gasteiger partial charge < -0.3 is 15.9 Å². The highest BCUT2D eigenvalue weighted by atomic mass is 79.9. The minimum absolute atomic E-state index is 0.520. The Morgan fingerprint density at radius 1 is 0.548 bits per heavy atom. The molecule has 0 radical (unpaired) electrons. The maximum absolute atomic E-state index is 12.3. The van der Waals surface area contributed by atoms with Crippen LogP contribution >= 0.6 is 31.9 Å². The molecule has 3 nitrogen and oxygen atoms in total. The number of fused-ring (bicyclic) bond motifs is 2. The first-order chi connectivity index (χ1) is 14.8. The van der Waals surface area contributed by atoms with E-state index in [0.29, 0.717) is 39.1 Å². The summed E-state index contributed by atoms with van der Waals surface area (Å²) in [6.07, 6.45) is 0. The molecule has 1 aliphatic carbocycles. The van der Waals surface area contributed by atoms with Gasteiger partial charge in [0.15, 0.2) is 0 Å². The van der Waals surface area contributed by atoms with E-state index >= 15 is 0 Å². The first kappa shape index (κ1) is 20.5. The Kier molecular flexibility index (Phi) is 4.83. The number of benzene rings is 4. The van der Waals surface area contributed by atoms with Crippen LogP contribution < -0.4 is 5.73 Å². The second-order valence-corrected chi connectivity index (χ2v) is 9.62. The number of nitrogens with two attached hydrogens (primary N) is 1. The van der Waals surface area contributed by atoms with E-state index in [1.54, 1.807) is 12.1 Å². The minimum Gasteiger partial charge on any atom is -0.399 e. The zero-order valence-electron chi connectivity index (χ0n) is 16.4. The molecule has 0 heterocycles. The molecule has 4 N–H and O–H groups in total. The van der Waals surface area contributed by atoms with E-state index in [1.165, 1.54) is 0 Å². The molecule has 2 unspecified atom stereocenters. The fourth-order valence-electron chi connectivity index (χ4n) is 4.59. The van der Waals surface area contributed by atoms with Crippen LogP contribution in [0.25, 0.3) is 0 Å². The van der Waals surface area contributed by atoms with E-state index in [1.807, 2.05) is 78.9 Å². The lowest BCUT2D eigenvalue weighted by Crippen LogP contribution is -2.44. The number of hydrogen-bond acceptors (Lipinski definition) is 3. The van der Waals surface area contributed by atoms with E-state index in [4.69, 9.17) is 5.73 Å². The highest BCUT2D eigenvalue weighted by molar-refractivity contribution is 9.10. The monoisotopic (exact) mass is 535 g/mol. The lowest BCUT2D eigenvalue weighted by Gasteiger charge is -2.45. The van der Waals surface area contributed by atoms with Crippen molar-refractivity contribution in [3.05, 3.63) is 133 Å². The molecular weight excluding hydrogens is 518 g/mol. The van der Waals surface area contributed by atoms with E-state index in [-0.39, 0.29) is 0 Å². The molecule has 4 aromatic carbocycles. The Bertz CT molecular complexity index is 1290. The molecule has 31 heavy (non-hydrogen) atoms. The number of nitrogen functional groups attached to an aromatic ring is 1. The third kappa shape index (κ3) is 2.99. The van der Waals surface area contributed by atoms with Crippen LogP contribution in [0.15, 0.2) is 99.9 Å². The quantitative estimate of drug-likeness (QED) is 0.289. The smallest absolute Gasteiger partial charge is 0.141 e. The highest BCUT2D eigenvalue weighted by Crippen LogP contribution is 2.53. The van der Waals surface area contributed by atoms with Gasteiger partial charge >= 0.3 is 0 Å². The van der Waals surface area contributed by atoms with Gasteiger partial charge in [-0.2, -0.15) is 0 Å². The first-order valence-corrected chi connectivity index (χ1v) is 11.4. The van der Waals surface area contributed by atoms with E-state index < -0.39 is 11.2 Å². The van der Waals surface area contributed by atoms with Crippen LogP contribution in [0.3, 0.4) is 0 Å². The van der Waals surface area contributed by atoms with E-state index in [2.05, 4.69) is 31.9 Å². The van der Waals surface area contributed by atoms with Gasteiger partial charge in [0.2, 0.25) is 0 Å². The lowest BCUT2D eigenvalue weighted by molar-refractivity contribution is 0.0748. The Labute approximate surface area is 197 Å². The van der Waals surface area contributed by atoms with Gasteiger partial charge in [-0.25, -0.2) is 0 Å². The summed E-state index contributed by atoms with van der Waals surface area (Å²) < 4.78 is 1.84. The van der Waals surface area contributed by atoms with E-state index in [0.717, 1.165) is 8.95 Å². The van der Waals surface area contributed by atoms with E-state index in [9.17, 15) is 10.2 Å². The second-order valence-electron chi connectivity index (χ2n) is 7.79. The van der Waals surface area contributed by atoms with Gasteiger partial charge in [-0.15, -0.1) is 0 Å². The normalized spacial score (nSPS) is 21.9. The molecule has 5 rings (SSSR count). The van der Waals surface area contributed by atoms with Crippen molar-refractivity contribution in [2.24, 2.45) is 0 Å². The molecule has 0 amide bonds. The zero-order valence-corrected chi connectivity index (χ0v) is 19.6. The maximum Gasteiger partial charge on any atom is 0.141 e. The Balaban J connectivity index is 1.89. The summed E-state index contributed by atoms with van der Waals surface area (Å²) in [5, 5.41) is 24.6. The lowest BCUT2D eigenvalue weighted by atomic mass is 9.63. The fraction of sp³-hybridized carbons (Fsp3) is 0.0769. The molecule has 0 fully saturated rings. The van der Waals surface area contributed by atoms with Crippen molar-refractivity contribution >= 4 is 37.5 Å². The number of rotatable bonds is 2. The summed E-state index contributed by atoms with van der Waals surface area (Å²) in [6, 6.07) is 28.0. The fourth-order valence-corrected chi connectivity index (χ4v) is 5.11. The molecule has 0 aliphatic heterocycles. The molecule has 0 saturated heterocycles. The van der Waals surface area contributed by atoms with Crippen LogP contribution in [0, 0.1) is 0 Å². The van der Waals surface area contributed by atoms with Crippen LogP contribution in [-0.2, 0) is 11.2 Å². The highest BCUT2D eigenvalue weighted by Gasteiger charge is 2.50. The van der Waals surface area contributed by atoms with Gasteiger partial charge in [-0.1, -0.05) is 86.5 Å². The van der Waals surface area contributed by atoms with Crippen LogP contribution in [-0.4, -0.2) is 10.2 Å². The van der Waals surface area contributed by atoms with Crippen LogP contribution in [0.4, 0.5) is 5.69 Å². The molecule has 154 valence electrons. The Morgan fingerprint density at radius 2 is 0.968 bits per heavy atom. The Hall–Kier alpha value is -2.44. The SMILES string of the molecule is Nc1ccc2c(c1)C(O)(c1ccc(Br)cc1)c1ccccc1C2(O)c1ccc(Br)cc1. The number of hydrogen-bond donors (Lipinski definition) is 3. The maximum atomic E-state index is 12.3. The molecule has 1 aliphatic rings. The zero-order chi connectivity index (χ0) is 21.8. The van der Waals surface area contributed by atoms with Crippen LogP contribution in [0.1, 0.15) is 33.4 Å². The van der Waals surface area contributed by atoms with Gasteiger partial charge in [0.05, 0.1) is 0 Å². The van der Waals surface area contributed by atoms with Gasteiger partial charge in [-0.05, 0) is 64.2 Å². The summed E-state index contributed by atoms with van der Waals surface area (Å²) in [5.41, 5.74) is 7.63. The van der Waals surface area contributed by atoms with Crippen molar-refractivity contribution in [2.75, 3.05) is 5.73 Å². The van der Waals surface area contributed by atoms with Gasteiger partial charge in [0.25, 0.3) is 0 Å². The summed E-state index contributed by atoms with van der Waals surface area (Å²) in [7, 11) is 0. The first-order valence-electron chi connectivity index (χ1n) is 9.82. The molecule has 0 saturated carbocycles. The minimum atomic E-state index is -1.47. The molecule has 5 heteroatoms. The van der Waals surface area contributed by atoms with Crippen molar-refractivity contribution in [3.8, 4) is 0 Å². The molecule has 0 aromatic heterocycles. The van der Waals surface area contributed by atoms with Crippen molar-refractivity contribution in [1.29, 1.82) is 0 Å². The van der Waals surface area contributed by atoms with Crippen molar-refractivity contribution in [3.63, 3.8) is 0 Å². The average molecular weight is 537 g/mol. The second kappa shape index (κ2) is 7.31. The molecule has 2 atom stereocenters. The molecular formula is C26H19Br2NO2. The van der Waals surface area contributed by atoms with Crippen molar-refractivity contribution in [1.82, 2.24) is 0 Å². The number of anilines is 1. The molecule has 4 aromatic rings. The number of halogens is 2. The van der Waals surface area contributed by atoms with Crippen LogP contribution in [0.5, 0.6) is 0 Å². The topological polar surface area (TPSA) is 66.5 Å². The molecule has 0 bridgehead atoms. The molecule has 0 spiro atoms. The summed E-state index contributed by atoms with van der Waals surface area (Å²) in [4.78, 5) is 0.